The molecule has 1 aliphatic rings. The molecule has 0 radical (unpaired) electrons. The fourth-order valence-corrected chi connectivity index (χ4v) is 3.49. The van der Waals surface area contributed by atoms with E-state index < -0.39 is 9.84 Å². The topological polar surface area (TPSA) is 72.0 Å². The minimum atomic E-state index is -3.40. The van der Waals surface area contributed by atoms with Crippen molar-refractivity contribution in [2.24, 2.45) is 5.92 Å². The van der Waals surface area contributed by atoms with Crippen LogP contribution in [-0.4, -0.2) is 37.2 Å². The highest BCUT2D eigenvalue weighted by molar-refractivity contribution is 7.91. The van der Waals surface area contributed by atoms with Gasteiger partial charge in [0.1, 0.15) is 0 Å². The minimum absolute atomic E-state index is 0.0988. The smallest absolute Gasteiger partial charge is 0.247 e. The molecule has 0 aromatic carbocycles. The molecular weight excluding hydrogens is 262 g/mol. The first-order valence-electron chi connectivity index (χ1n) is 5.49. The number of halogens is 1. The maximum Gasteiger partial charge on any atom is 0.247 e. The maximum absolute atomic E-state index is 12.0. The number of aromatic nitrogens is 2. The van der Waals surface area contributed by atoms with E-state index in [4.69, 9.17) is 11.6 Å². The molecule has 0 aliphatic carbocycles. The first-order chi connectivity index (χ1) is 8.08. The number of rotatable bonds is 3. The van der Waals surface area contributed by atoms with Gasteiger partial charge in [-0.3, -0.25) is 0 Å². The van der Waals surface area contributed by atoms with Gasteiger partial charge in [0.05, 0.1) is 23.2 Å². The van der Waals surface area contributed by atoms with Crippen molar-refractivity contribution in [3.63, 3.8) is 0 Å². The van der Waals surface area contributed by atoms with Crippen LogP contribution in [0, 0.1) is 5.92 Å². The van der Waals surface area contributed by atoms with Crippen molar-refractivity contribution in [2.45, 2.75) is 18.0 Å². The monoisotopic (exact) mass is 275 g/mol. The molecule has 0 amide bonds. The van der Waals surface area contributed by atoms with Crippen molar-refractivity contribution >= 4 is 21.4 Å². The Hall–Kier alpha value is -0.720. The van der Waals surface area contributed by atoms with Gasteiger partial charge in [-0.25, -0.2) is 18.4 Å². The average molecular weight is 276 g/mol. The number of piperidine rings is 1. The summed E-state index contributed by atoms with van der Waals surface area (Å²) in [5.74, 6) is 0.245. The Bertz CT molecular complexity index is 469. The fourth-order valence-electron chi connectivity index (χ4n) is 1.91. The second kappa shape index (κ2) is 5.29. The molecule has 0 bridgehead atoms. The summed E-state index contributed by atoms with van der Waals surface area (Å²) < 4.78 is 24.0. The van der Waals surface area contributed by atoms with Crippen molar-refractivity contribution in [1.29, 1.82) is 0 Å². The molecule has 94 valence electrons. The van der Waals surface area contributed by atoms with Crippen LogP contribution in [0.25, 0.3) is 0 Å². The van der Waals surface area contributed by atoms with Crippen LogP contribution in [0.5, 0.6) is 0 Å². The molecule has 1 N–H and O–H groups in total. The van der Waals surface area contributed by atoms with Gasteiger partial charge in [-0.2, -0.15) is 0 Å². The van der Waals surface area contributed by atoms with E-state index in [1.54, 1.807) is 0 Å². The predicted molar refractivity (Wildman–Crippen MR) is 64.7 cm³/mol. The maximum atomic E-state index is 12.0. The third-order valence-electron chi connectivity index (χ3n) is 2.73. The van der Waals surface area contributed by atoms with Crippen molar-refractivity contribution in [1.82, 2.24) is 15.3 Å². The highest BCUT2D eigenvalue weighted by atomic mass is 35.5. The molecule has 5 nitrogen and oxygen atoms in total. The highest BCUT2D eigenvalue weighted by Gasteiger charge is 2.24. The Balaban J connectivity index is 2.10. The molecule has 0 spiro atoms. The van der Waals surface area contributed by atoms with Crippen LogP contribution < -0.4 is 5.32 Å². The van der Waals surface area contributed by atoms with Gasteiger partial charge in [0.2, 0.25) is 15.0 Å². The van der Waals surface area contributed by atoms with Gasteiger partial charge in [-0.05, 0) is 31.8 Å². The van der Waals surface area contributed by atoms with E-state index in [0.29, 0.717) is 5.02 Å². The van der Waals surface area contributed by atoms with Gasteiger partial charge in [-0.1, -0.05) is 11.6 Å². The summed E-state index contributed by atoms with van der Waals surface area (Å²) in [6.07, 6.45) is 4.56. The molecule has 0 unspecified atom stereocenters. The second-order valence-electron chi connectivity index (χ2n) is 4.18. The Morgan fingerprint density at radius 1 is 1.41 bits per heavy atom. The highest BCUT2D eigenvalue weighted by Crippen LogP contribution is 2.16. The summed E-state index contributed by atoms with van der Waals surface area (Å²) >= 11 is 5.62. The van der Waals surface area contributed by atoms with Gasteiger partial charge in [0.25, 0.3) is 0 Å². The molecule has 0 saturated carbocycles. The fraction of sp³-hybridized carbons (Fsp3) is 0.600. The lowest BCUT2D eigenvalue weighted by atomic mass is 10.0. The Labute approximate surface area is 106 Å². The number of sulfone groups is 1. The van der Waals surface area contributed by atoms with Crippen LogP contribution in [0.2, 0.25) is 5.02 Å². The molecule has 2 heterocycles. The summed E-state index contributed by atoms with van der Waals surface area (Å²) in [4.78, 5) is 7.53. The van der Waals surface area contributed by atoms with Crippen molar-refractivity contribution < 1.29 is 8.42 Å². The molecule has 2 rings (SSSR count). The average Bonchev–Trinajstić information content (AvgIpc) is 2.30. The number of hydrogen-bond donors (Lipinski definition) is 1. The van der Waals surface area contributed by atoms with E-state index in [9.17, 15) is 8.42 Å². The van der Waals surface area contributed by atoms with E-state index in [0.717, 1.165) is 25.9 Å². The standard InChI is InChI=1S/C10H14ClN3O2S/c11-9-5-13-10(14-6-9)17(15,16)7-8-2-1-3-12-4-8/h5-6,8,12H,1-4,7H2/t8-/m1/s1. The molecular formula is C10H14ClN3O2S. The molecule has 1 saturated heterocycles. The normalized spacial score (nSPS) is 21.4. The summed E-state index contributed by atoms with van der Waals surface area (Å²) in [6, 6.07) is 0. The molecule has 1 aromatic heterocycles. The van der Waals surface area contributed by atoms with E-state index in [1.165, 1.54) is 12.4 Å². The summed E-state index contributed by atoms with van der Waals surface area (Å²) in [5, 5.41) is 3.40. The zero-order chi connectivity index (χ0) is 12.3. The van der Waals surface area contributed by atoms with Gasteiger partial charge < -0.3 is 5.32 Å². The van der Waals surface area contributed by atoms with Gasteiger partial charge in [-0.15, -0.1) is 0 Å². The van der Waals surface area contributed by atoms with Gasteiger partial charge >= 0.3 is 0 Å². The number of hydrogen-bond acceptors (Lipinski definition) is 5. The first-order valence-corrected chi connectivity index (χ1v) is 7.52. The van der Waals surface area contributed by atoms with Crippen molar-refractivity contribution in [2.75, 3.05) is 18.8 Å². The minimum Gasteiger partial charge on any atom is -0.316 e. The predicted octanol–water partition coefficient (Wildman–Crippen LogP) is 0.903. The zero-order valence-corrected chi connectivity index (χ0v) is 10.8. The summed E-state index contributed by atoms with van der Waals surface area (Å²) in [5.41, 5.74) is 0. The summed E-state index contributed by atoms with van der Waals surface area (Å²) in [6.45, 7) is 1.71. The van der Waals surface area contributed by atoms with E-state index in [1.807, 2.05) is 0 Å². The zero-order valence-electron chi connectivity index (χ0n) is 9.26. The molecule has 1 aromatic rings. The van der Waals surface area contributed by atoms with Gasteiger partial charge in [0.15, 0.2) is 0 Å². The third kappa shape index (κ3) is 3.37. The molecule has 1 aliphatic heterocycles. The number of nitrogens with one attached hydrogen (secondary N) is 1. The van der Waals surface area contributed by atoms with E-state index in [-0.39, 0.29) is 16.8 Å². The van der Waals surface area contributed by atoms with Crippen LogP contribution in [0.15, 0.2) is 17.6 Å². The lowest BCUT2D eigenvalue weighted by Crippen LogP contribution is -2.34. The Morgan fingerprint density at radius 3 is 2.71 bits per heavy atom. The molecule has 7 heteroatoms. The second-order valence-corrected chi connectivity index (χ2v) is 6.54. The van der Waals surface area contributed by atoms with E-state index >= 15 is 0 Å². The van der Waals surface area contributed by atoms with Crippen LogP contribution in [0.1, 0.15) is 12.8 Å². The summed E-state index contributed by atoms with van der Waals surface area (Å²) in [7, 11) is -3.40. The first kappa shape index (κ1) is 12.7. The van der Waals surface area contributed by atoms with E-state index in [2.05, 4.69) is 15.3 Å². The van der Waals surface area contributed by atoms with Crippen molar-refractivity contribution in [3.05, 3.63) is 17.4 Å². The molecule has 1 fully saturated rings. The van der Waals surface area contributed by atoms with Crippen molar-refractivity contribution in [3.8, 4) is 0 Å². The number of nitrogens with zero attached hydrogens (tertiary/aromatic N) is 2. The third-order valence-corrected chi connectivity index (χ3v) is 4.60. The lowest BCUT2D eigenvalue weighted by Gasteiger charge is -2.21. The van der Waals surface area contributed by atoms with Crippen LogP contribution in [0.4, 0.5) is 0 Å². The van der Waals surface area contributed by atoms with Gasteiger partial charge in [0, 0.05) is 0 Å². The quantitative estimate of drug-likeness (QED) is 0.830. The lowest BCUT2D eigenvalue weighted by molar-refractivity contribution is 0.403. The SMILES string of the molecule is O=S(=O)(C[C@@H]1CCCNC1)c1ncc(Cl)cn1. The van der Waals surface area contributed by atoms with Crippen LogP contribution >= 0.6 is 11.6 Å². The Morgan fingerprint density at radius 2 is 2.12 bits per heavy atom. The molecule has 17 heavy (non-hydrogen) atoms. The Kier molecular flexibility index (Phi) is 3.96. The van der Waals surface area contributed by atoms with Crippen LogP contribution in [0.3, 0.4) is 0 Å². The van der Waals surface area contributed by atoms with Crippen LogP contribution in [-0.2, 0) is 9.84 Å². The molecule has 1 atom stereocenters. The largest absolute Gasteiger partial charge is 0.316 e.